The minimum Gasteiger partial charge on any atom is -0.496 e. The van der Waals surface area contributed by atoms with Gasteiger partial charge in [0.2, 0.25) is 0 Å². The lowest BCUT2D eigenvalue weighted by molar-refractivity contribution is -0.123. The van der Waals surface area contributed by atoms with Crippen LogP contribution in [0.1, 0.15) is 29.8 Å². The average Bonchev–Trinajstić information content (AvgIpc) is 2.65. The van der Waals surface area contributed by atoms with Crippen molar-refractivity contribution in [3.63, 3.8) is 0 Å². The summed E-state index contributed by atoms with van der Waals surface area (Å²) in [5.74, 6) is -0.393. The third-order valence-corrected chi connectivity index (χ3v) is 5.14. The van der Waals surface area contributed by atoms with Crippen LogP contribution in [0, 0.1) is 5.92 Å². The minimum absolute atomic E-state index is 0.171. The molecule has 0 aliphatic carbocycles. The number of nitrogens with zero attached hydrogens (tertiary/aromatic N) is 1. The lowest BCUT2D eigenvalue weighted by Crippen LogP contribution is -2.48. The zero-order chi connectivity index (χ0) is 21.6. The lowest BCUT2D eigenvalue weighted by atomic mass is 10.0. The maximum Gasteiger partial charge on any atom is 0.262 e. The van der Waals surface area contributed by atoms with Gasteiger partial charge in [0.25, 0.3) is 11.8 Å². The molecule has 1 unspecified atom stereocenters. The summed E-state index contributed by atoms with van der Waals surface area (Å²) in [6.07, 6.45) is 1.50. The van der Waals surface area contributed by atoms with Crippen molar-refractivity contribution < 1.29 is 14.3 Å². The highest BCUT2D eigenvalue weighted by Crippen LogP contribution is 2.25. The Balaban J connectivity index is 2.05. The number of ether oxygens (including phenoxy) is 1. The number of nitrogens with one attached hydrogen (secondary N) is 2. The van der Waals surface area contributed by atoms with E-state index in [1.165, 1.54) is 18.3 Å². The van der Waals surface area contributed by atoms with Gasteiger partial charge in [0.15, 0.2) is 0 Å². The predicted molar refractivity (Wildman–Crippen MR) is 119 cm³/mol. The number of amides is 2. The molecule has 0 spiro atoms. The van der Waals surface area contributed by atoms with Crippen LogP contribution in [0.25, 0.3) is 0 Å². The van der Waals surface area contributed by atoms with Crippen LogP contribution in [0.15, 0.2) is 46.0 Å². The molecule has 29 heavy (non-hydrogen) atoms. The second-order valence-electron chi connectivity index (χ2n) is 6.45. The molecular formula is C20H20BrCl2N3O3. The van der Waals surface area contributed by atoms with E-state index in [9.17, 15) is 9.59 Å². The van der Waals surface area contributed by atoms with E-state index in [2.05, 4.69) is 31.8 Å². The summed E-state index contributed by atoms with van der Waals surface area (Å²) in [4.78, 5) is 25.0. The van der Waals surface area contributed by atoms with Gasteiger partial charge < -0.3 is 10.1 Å². The molecular weight excluding hydrogens is 481 g/mol. The molecule has 154 valence electrons. The Labute approximate surface area is 187 Å². The van der Waals surface area contributed by atoms with E-state index in [-0.39, 0.29) is 16.5 Å². The van der Waals surface area contributed by atoms with Gasteiger partial charge >= 0.3 is 0 Å². The molecule has 0 heterocycles. The van der Waals surface area contributed by atoms with E-state index < -0.39 is 17.9 Å². The molecule has 0 aromatic heterocycles. The molecule has 9 heteroatoms. The molecule has 0 radical (unpaired) electrons. The molecule has 0 fully saturated rings. The van der Waals surface area contributed by atoms with Crippen LogP contribution >= 0.6 is 39.1 Å². The Kier molecular flexibility index (Phi) is 8.49. The first-order valence-electron chi connectivity index (χ1n) is 8.65. The van der Waals surface area contributed by atoms with Crippen molar-refractivity contribution in [2.75, 3.05) is 7.11 Å². The van der Waals surface area contributed by atoms with Crippen LogP contribution < -0.4 is 15.5 Å². The Hall–Kier alpha value is -2.09. The number of halogens is 3. The molecule has 2 N–H and O–H groups in total. The van der Waals surface area contributed by atoms with E-state index in [0.29, 0.717) is 10.8 Å². The van der Waals surface area contributed by atoms with Crippen molar-refractivity contribution in [1.82, 2.24) is 10.7 Å². The van der Waals surface area contributed by atoms with Gasteiger partial charge in [0.1, 0.15) is 11.8 Å². The molecule has 0 saturated heterocycles. The topological polar surface area (TPSA) is 79.8 Å². The fourth-order valence-electron chi connectivity index (χ4n) is 2.43. The van der Waals surface area contributed by atoms with E-state index in [1.54, 1.807) is 31.4 Å². The first-order valence-corrected chi connectivity index (χ1v) is 10.2. The number of carbonyl (C=O) groups is 2. The van der Waals surface area contributed by atoms with Crippen LogP contribution in [0.5, 0.6) is 5.75 Å². The van der Waals surface area contributed by atoms with Crippen LogP contribution in [0.3, 0.4) is 0 Å². The number of hydrazone groups is 1. The number of carbonyl (C=O) groups excluding carboxylic acids is 2. The summed E-state index contributed by atoms with van der Waals surface area (Å²) >= 11 is 15.3. The van der Waals surface area contributed by atoms with E-state index in [0.717, 1.165) is 10.0 Å². The van der Waals surface area contributed by atoms with Crippen molar-refractivity contribution in [3.8, 4) is 5.75 Å². The van der Waals surface area contributed by atoms with Crippen molar-refractivity contribution in [3.05, 3.63) is 62.0 Å². The van der Waals surface area contributed by atoms with E-state index in [1.807, 2.05) is 13.8 Å². The van der Waals surface area contributed by atoms with Crippen LogP contribution in [-0.2, 0) is 4.79 Å². The highest BCUT2D eigenvalue weighted by atomic mass is 79.9. The summed E-state index contributed by atoms with van der Waals surface area (Å²) in [6.45, 7) is 3.64. The summed E-state index contributed by atoms with van der Waals surface area (Å²) in [6, 6.07) is 9.12. The van der Waals surface area contributed by atoms with Crippen LogP contribution in [0.2, 0.25) is 10.0 Å². The maximum absolute atomic E-state index is 12.5. The lowest BCUT2D eigenvalue weighted by Gasteiger charge is -2.20. The van der Waals surface area contributed by atoms with Crippen LogP contribution in [-0.4, -0.2) is 31.2 Å². The largest absolute Gasteiger partial charge is 0.496 e. The molecule has 2 aromatic carbocycles. The highest BCUT2D eigenvalue weighted by Gasteiger charge is 2.25. The Morgan fingerprint density at radius 3 is 2.48 bits per heavy atom. The molecule has 0 bridgehead atoms. The Morgan fingerprint density at radius 2 is 1.90 bits per heavy atom. The van der Waals surface area contributed by atoms with Crippen molar-refractivity contribution >= 4 is 57.2 Å². The summed E-state index contributed by atoms with van der Waals surface area (Å²) in [5.41, 5.74) is 3.45. The van der Waals surface area contributed by atoms with Gasteiger partial charge in [0, 0.05) is 5.02 Å². The zero-order valence-electron chi connectivity index (χ0n) is 16.0. The molecule has 2 rings (SSSR count). The standard InChI is InChI=1S/C20H20BrCl2N3O3/c1-11(2)18(25-19(27)14-6-5-13(22)9-16(14)23)20(28)26-24-10-12-4-7-17(29-3)15(21)8-12/h4-11,18H,1-3H3,(H,25,27)(H,26,28). The molecule has 0 saturated carbocycles. The summed E-state index contributed by atoms with van der Waals surface area (Å²) in [7, 11) is 1.58. The van der Waals surface area contributed by atoms with E-state index in [4.69, 9.17) is 27.9 Å². The number of benzene rings is 2. The third-order valence-electron chi connectivity index (χ3n) is 3.98. The minimum atomic E-state index is -0.797. The third kappa shape index (κ3) is 6.45. The molecule has 0 aliphatic heterocycles. The monoisotopic (exact) mass is 499 g/mol. The van der Waals surface area contributed by atoms with Crippen LogP contribution in [0.4, 0.5) is 0 Å². The molecule has 6 nitrogen and oxygen atoms in total. The molecule has 1 atom stereocenters. The smallest absolute Gasteiger partial charge is 0.262 e. The SMILES string of the molecule is COc1ccc(C=NNC(=O)C(NC(=O)c2ccc(Cl)cc2Cl)C(C)C)cc1Br. The van der Waals surface area contributed by atoms with Crippen molar-refractivity contribution in [2.24, 2.45) is 11.0 Å². The fourth-order valence-corrected chi connectivity index (χ4v) is 3.48. The predicted octanol–water partition coefficient (Wildman–Crippen LogP) is 4.67. The first-order chi connectivity index (χ1) is 13.7. The van der Waals surface area contributed by atoms with Gasteiger partial charge in [-0.2, -0.15) is 5.10 Å². The first kappa shape index (κ1) is 23.2. The van der Waals surface area contributed by atoms with Crippen molar-refractivity contribution in [1.29, 1.82) is 0 Å². The Morgan fingerprint density at radius 1 is 1.17 bits per heavy atom. The van der Waals surface area contributed by atoms with Gasteiger partial charge in [-0.15, -0.1) is 0 Å². The molecule has 2 aromatic rings. The number of hydrogen-bond donors (Lipinski definition) is 2. The zero-order valence-corrected chi connectivity index (χ0v) is 19.1. The van der Waals surface area contributed by atoms with Gasteiger partial charge in [-0.1, -0.05) is 37.0 Å². The quantitative estimate of drug-likeness (QED) is 0.428. The second kappa shape index (κ2) is 10.6. The van der Waals surface area contributed by atoms with Crippen molar-refractivity contribution in [2.45, 2.75) is 19.9 Å². The maximum atomic E-state index is 12.5. The molecule has 0 aliphatic rings. The highest BCUT2D eigenvalue weighted by molar-refractivity contribution is 9.10. The van der Waals surface area contributed by atoms with Gasteiger partial charge in [-0.3, -0.25) is 9.59 Å². The number of rotatable bonds is 7. The average molecular weight is 501 g/mol. The second-order valence-corrected chi connectivity index (χ2v) is 8.15. The normalized spacial score (nSPS) is 12.1. The fraction of sp³-hybridized carbons (Fsp3) is 0.250. The number of methoxy groups -OCH3 is 1. The Bertz CT molecular complexity index is 935. The van der Waals surface area contributed by atoms with Gasteiger partial charge in [0.05, 0.1) is 28.4 Å². The summed E-state index contributed by atoms with van der Waals surface area (Å²) < 4.78 is 5.94. The summed E-state index contributed by atoms with van der Waals surface area (Å²) in [5, 5.41) is 7.29. The molecule has 2 amide bonds. The number of hydrogen-bond acceptors (Lipinski definition) is 4. The van der Waals surface area contributed by atoms with Gasteiger partial charge in [-0.05, 0) is 63.8 Å². The van der Waals surface area contributed by atoms with E-state index >= 15 is 0 Å². The van der Waals surface area contributed by atoms with Gasteiger partial charge in [-0.25, -0.2) is 5.43 Å².